The number of aromatic nitrogens is 1. The number of carbonyl (C=O) groups excluding carboxylic acids is 1. The molecule has 152 valence electrons. The van der Waals surface area contributed by atoms with Gasteiger partial charge in [0.15, 0.2) is 5.13 Å². The standard InChI is InChI=1S/C19H26N4O4S/c1-19(2,3)27-18(24)22-9-5-6-13(12-22)11-21(4)17-20-15-10-14(23(25)26)7-8-16(15)28-17/h7-8,10,13H,5-6,9,11-12H2,1-4H3/t13-/m1/s1. The van der Waals surface area contributed by atoms with Gasteiger partial charge in [0.25, 0.3) is 5.69 Å². The number of nitro benzene ring substituents is 1. The number of amides is 1. The second kappa shape index (κ2) is 7.90. The zero-order valence-electron chi connectivity index (χ0n) is 16.7. The van der Waals surface area contributed by atoms with E-state index in [1.807, 2.05) is 27.8 Å². The number of non-ortho nitro benzene ring substituents is 1. The summed E-state index contributed by atoms with van der Waals surface area (Å²) in [6, 6.07) is 4.76. The molecule has 0 spiro atoms. The first-order chi connectivity index (χ1) is 13.1. The van der Waals surface area contributed by atoms with Crippen LogP contribution in [0.4, 0.5) is 15.6 Å². The fraction of sp³-hybridized carbons (Fsp3) is 0.579. The molecule has 28 heavy (non-hydrogen) atoms. The summed E-state index contributed by atoms with van der Waals surface area (Å²) < 4.78 is 6.42. The molecule has 0 unspecified atom stereocenters. The van der Waals surface area contributed by atoms with Crippen molar-refractivity contribution in [2.24, 2.45) is 5.92 Å². The summed E-state index contributed by atoms with van der Waals surface area (Å²) in [7, 11) is 1.97. The average Bonchev–Trinajstić information content (AvgIpc) is 3.04. The number of ether oxygens (including phenoxy) is 1. The molecule has 1 atom stereocenters. The summed E-state index contributed by atoms with van der Waals surface area (Å²) in [5, 5.41) is 11.8. The van der Waals surface area contributed by atoms with Crippen molar-refractivity contribution in [1.82, 2.24) is 9.88 Å². The maximum atomic E-state index is 12.3. The van der Waals surface area contributed by atoms with E-state index in [1.54, 1.807) is 11.0 Å². The molecule has 1 aromatic heterocycles. The van der Waals surface area contributed by atoms with Crippen LogP contribution in [0, 0.1) is 16.0 Å². The first-order valence-corrected chi connectivity index (χ1v) is 10.2. The van der Waals surface area contributed by atoms with Crippen molar-refractivity contribution in [3.05, 3.63) is 28.3 Å². The molecular formula is C19H26N4O4S. The van der Waals surface area contributed by atoms with E-state index in [1.165, 1.54) is 23.5 Å². The molecule has 1 saturated heterocycles. The van der Waals surface area contributed by atoms with Gasteiger partial charge in [0.1, 0.15) is 5.60 Å². The minimum Gasteiger partial charge on any atom is -0.444 e. The number of anilines is 1. The van der Waals surface area contributed by atoms with Gasteiger partial charge >= 0.3 is 6.09 Å². The Bertz CT molecular complexity index is 876. The minimum atomic E-state index is -0.496. The third kappa shape index (κ3) is 4.89. The number of nitro groups is 1. The molecule has 8 nitrogen and oxygen atoms in total. The normalized spacial score (nSPS) is 17.6. The predicted molar refractivity (Wildman–Crippen MR) is 110 cm³/mol. The third-order valence-corrected chi connectivity index (χ3v) is 5.75. The molecule has 1 aromatic carbocycles. The zero-order chi connectivity index (χ0) is 20.5. The first kappa shape index (κ1) is 20.3. The molecule has 9 heteroatoms. The monoisotopic (exact) mass is 406 g/mol. The zero-order valence-corrected chi connectivity index (χ0v) is 17.5. The molecule has 1 aliphatic heterocycles. The molecule has 0 radical (unpaired) electrons. The van der Waals surface area contributed by atoms with E-state index < -0.39 is 10.5 Å². The quantitative estimate of drug-likeness (QED) is 0.556. The molecular weight excluding hydrogens is 380 g/mol. The summed E-state index contributed by atoms with van der Waals surface area (Å²) in [6.45, 7) is 7.77. The molecule has 2 heterocycles. The number of rotatable bonds is 4. The van der Waals surface area contributed by atoms with Gasteiger partial charge in [-0.1, -0.05) is 11.3 Å². The Hall–Kier alpha value is -2.42. The number of hydrogen-bond donors (Lipinski definition) is 0. The Balaban J connectivity index is 1.65. The third-order valence-electron chi connectivity index (χ3n) is 4.60. The molecule has 0 N–H and O–H groups in total. The molecule has 0 aliphatic carbocycles. The first-order valence-electron chi connectivity index (χ1n) is 9.36. The van der Waals surface area contributed by atoms with Crippen LogP contribution in [0.1, 0.15) is 33.6 Å². The van der Waals surface area contributed by atoms with Crippen LogP contribution in [0.3, 0.4) is 0 Å². The summed E-state index contributed by atoms with van der Waals surface area (Å²) >= 11 is 1.52. The number of likely N-dealkylation sites (tertiary alicyclic amines) is 1. The molecule has 1 aliphatic rings. The van der Waals surface area contributed by atoms with Crippen LogP contribution in [-0.2, 0) is 4.74 Å². The summed E-state index contributed by atoms with van der Waals surface area (Å²) in [5.41, 5.74) is 0.192. The van der Waals surface area contributed by atoms with Gasteiger partial charge in [-0.15, -0.1) is 0 Å². The summed E-state index contributed by atoms with van der Waals surface area (Å²) in [6.07, 6.45) is 1.73. The van der Waals surface area contributed by atoms with Crippen LogP contribution in [0.5, 0.6) is 0 Å². The molecule has 2 aromatic rings. The van der Waals surface area contributed by atoms with E-state index in [4.69, 9.17) is 4.74 Å². The van der Waals surface area contributed by atoms with Crippen LogP contribution in [0.25, 0.3) is 10.2 Å². The second-order valence-electron chi connectivity index (χ2n) is 8.22. The molecule has 1 fully saturated rings. The van der Waals surface area contributed by atoms with Gasteiger partial charge in [-0.25, -0.2) is 9.78 Å². The number of thiazole rings is 1. The Labute approximate surface area is 168 Å². The highest BCUT2D eigenvalue weighted by Gasteiger charge is 2.28. The van der Waals surface area contributed by atoms with Crippen LogP contribution in [0.15, 0.2) is 18.2 Å². The number of fused-ring (bicyclic) bond motifs is 1. The fourth-order valence-electron chi connectivity index (χ4n) is 3.35. The van der Waals surface area contributed by atoms with Crippen molar-refractivity contribution in [3.8, 4) is 0 Å². The van der Waals surface area contributed by atoms with Crippen LogP contribution in [0.2, 0.25) is 0 Å². The lowest BCUT2D eigenvalue weighted by molar-refractivity contribution is -0.384. The second-order valence-corrected chi connectivity index (χ2v) is 9.23. The SMILES string of the molecule is CN(C[C@H]1CCCN(C(=O)OC(C)(C)C)C1)c1nc2cc([N+](=O)[O-])ccc2s1. The van der Waals surface area contributed by atoms with Crippen molar-refractivity contribution in [3.63, 3.8) is 0 Å². The van der Waals surface area contributed by atoms with Crippen molar-refractivity contribution in [2.45, 2.75) is 39.2 Å². The van der Waals surface area contributed by atoms with Gasteiger partial charge < -0.3 is 14.5 Å². The Kier molecular flexibility index (Phi) is 5.74. The summed E-state index contributed by atoms with van der Waals surface area (Å²) in [4.78, 5) is 31.3. The number of piperidine rings is 1. The number of carbonyl (C=O) groups is 1. The van der Waals surface area contributed by atoms with Crippen molar-refractivity contribution < 1.29 is 14.5 Å². The minimum absolute atomic E-state index is 0.0484. The Morgan fingerprint density at radius 2 is 2.21 bits per heavy atom. The summed E-state index contributed by atoms with van der Waals surface area (Å²) in [5.74, 6) is 0.326. The number of nitrogens with zero attached hydrogens (tertiary/aromatic N) is 4. The smallest absolute Gasteiger partial charge is 0.410 e. The van der Waals surface area contributed by atoms with Gasteiger partial charge in [-0.05, 0) is 45.6 Å². The van der Waals surface area contributed by atoms with E-state index in [2.05, 4.69) is 9.88 Å². The van der Waals surface area contributed by atoms with Gasteiger partial charge in [0.05, 0.1) is 15.1 Å². The van der Waals surface area contributed by atoms with Gasteiger partial charge in [0, 0.05) is 38.8 Å². The number of hydrogen-bond acceptors (Lipinski definition) is 7. The lowest BCUT2D eigenvalue weighted by Gasteiger charge is -2.35. The van der Waals surface area contributed by atoms with Crippen LogP contribution >= 0.6 is 11.3 Å². The largest absolute Gasteiger partial charge is 0.444 e. The molecule has 3 rings (SSSR count). The highest BCUT2D eigenvalue weighted by Crippen LogP contribution is 2.31. The highest BCUT2D eigenvalue weighted by molar-refractivity contribution is 7.22. The van der Waals surface area contributed by atoms with E-state index in [-0.39, 0.29) is 11.8 Å². The predicted octanol–water partition coefficient (Wildman–Crippen LogP) is 4.29. The lowest BCUT2D eigenvalue weighted by atomic mass is 9.98. The van der Waals surface area contributed by atoms with Crippen molar-refractivity contribution in [2.75, 3.05) is 31.6 Å². The molecule has 1 amide bonds. The molecule has 0 bridgehead atoms. The molecule has 0 saturated carbocycles. The number of benzene rings is 1. The van der Waals surface area contributed by atoms with Gasteiger partial charge in [0.2, 0.25) is 0 Å². The van der Waals surface area contributed by atoms with Crippen LogP contribution in [-0.4, -0.2) is 53.2 Å². The van der Waals surface area contributed by atoms with E-state index in [0.717, 1.165) is 35.8 Å². The lowest BCUT2D eigenvalue weighted by Crippen LogP contribution is -2.45. The Morgan fingerprint density at radius 3 is 2.89 bits per heavy atom. The van der Waals surface area contributed by atoms with Crippen LogP contribution < -0.4 is 4.90 Å². The Morgan fingerprint density at radius 1 is 1.46 bits per heavy atom. The van der Waals surface area contributed by atoms with E-state index in [0.29, 0.717) is 18.0 Å². The average molecular weight is 407 g/mol. The van der Waals surface area contributed by atoms with E-state index in [9.17, 15) is 14.9 Å². The topological polar surface area (TPSA) is 88.8 Å². The van der Waals surface area contributed by atoms with Crippen molar-refractivity contribution >= 4 is 38.5 Å². The van der Waals surface area contributed by atoms with Gasteiger partial charge in [-0.3, -0.25) is 10.1 Å². The highest BCUT2D eigenvalue weighted by atomic mass is 32.1. The van der Waals surface area contributed by atoms with Gasteiger partial charge in [-0.2, -0.15) is 0 Å². The van der Waals surface area contributed by atoms with E-state index >= 15 is 0 Å². The maximum absolute atomic E-state index is 12.3. The van der Waals surface area contributed by atoms with Crippen molar-refractivity contribution in [1.29, 1.82) is 0 Å². The fourth-order valence-corrected chi connectivity index (χ4v) is 4.27. The maximum Gasteiger partial charge on any atom is 0.410 e.